The minimum absolute atomic E-state index is 0.354. The van der Waals surface area contributed by atoms with Crippen molar-refractivity contribution in [1.29, 1.82) is 0 Å². The Morgan fingerprint density at radius 2 is 1.77 bits per heavy atom. The molecule has 0 bridgehead atoms. The van der Waals surface area contributed by atoms with E-state index in [1.807, 2.05) is 30.3 Å². The number of carbonyl (C=O) groups is 1. The van der Waals surface area contributed by atoms with Crippen LogP contribution in [0.3, 0.4) is 0 Å². The number of methoxy groups -OCH3 is 2. The van der Waals surface area contributed by atoms with E-state index >= 15 is 0 Å². The van der Waals surface area contributed by atoms with Crippen LogP contribution in [0.5, 0.6) is 11.5 Å². The molecule has 30 heavy (non-hydrogen) atoms. The molecule has 0 aliphatic heterocycles. The normalized spacial score (nSPS) is 10.6. The van der Waals surface area contributed by atoms with E-state index in [1.165, 1.54) is 12.1 Å². The van der Waals surface area contributed by atoms with Gasteiger partial charge in [-0.25, -0.2) is 9.37 Å². The van der Waals surface area contributed by atoms with Crippen molar-refractivity contribution in [3.8, 4) is 22.8 Å². The van der Waals surface area contributed by atoms with E-state index in [0.717, 1.165) is 5.56 Å². The van der Waals surface area contributed by atoms with Crippen LogP contribution in [0.4, 0.5) is 10.1 Å². The van der Waals surface area contributed by atoms with Gasteiger partial charge in [0.1, 0.15) is 17.3 Å². The molecule has 6 heteroatoms. The number of para-hydroxylation sites is 1. The van der Waals surface area contributed by atoms with Gasteiger partial charge in [0.15, 0.2) is 0 Å². The lowest BCUT2D eigenvalue weighted by molar-refractivity contribution is 0.102. The van der Waals surface area contributed by atoms with Crippen molar-refractivity contribution < 1.29 is 18.7 Å². The number of pyridine rings is 1. The number of carbonyl (C=O) groups excluding carboxylic acids is 1. The fourth-order valence-electron chi connectivity index (χ4n) is 3.28. The highest BCUT2D eigenvalue weighted by Gasteiger charge is 2.17. The van der Waals surface area contributed by atoms with Gasteiger partial charge in [-0.15, -0.1) is 0 Å². The molecule has 3 aromatic carbocycles. The Hall–Kier alpha value is -3.93. The fourth-order valence-corrected chi connectivity index (χ4v) is 3.28. The van der Waals surface area contributed by atoms with Crippen LogP contribution in [0.25, 0.3) is 22.2 Å². The molecule has 4 rings (SSSR count). The molecule has 5 nitrogen and oxygen atoms in total. The molecule has 1 aromatic heterocycles. The molecule has 150 valence electrons. The molecular formula is C24H19FN2O3. The van der Waals surface area contributed by atoms with Crippen molar-refractivity contribution in [2.45, 2.75) is 0 Å². The average Bonchev–Trinajstić information content (AvgIpc) is 2.77. The number of rotatable bonds is 5. The summed E-state index contributed by atoms with van der Waals surface area (Å²) in [6.07, 6.45) is 0. The third-order valence-corrected chi connectivity index (χ3v) is 4.73. The number of aromatic nitrogens is 1. The van der Waals surface area contributed by atoms with E-state index in [-0.39, 0.29) is 5.91 Å². The van der Waals surface area contributed by atoms with Gasteiger partial charge in [-0.1, -0.05) is 24.3 Å². The number of nitrogens with one attached hydrogen (secondary N) is 1. The molecule has 0 aliphatic carbocycles. The van der Waals surface area contributed by atoms with Crippen molar-refractivity contribution in [3.63, 3.8) is 0 Å². The first-order chi connectivity index (χ1) is 14.6. The van der Waals surface area contributed by atoms with Gasteiger partial charge in [0.05, 0.1) is 31.0 Å². The number of nitrogens with zero attached hydrogens (tertiary/aromatic N) is 1. The zero-order valence-electron chi connectivity index (χ0n) is 16.5. The highest BCUT2D eigenvalue weighted by atomic mass is 19.1. The van der Waals surface area contributed by atoms with Crippen LogP contribution < -0.4 is 14.8 Å². The molecule has 0 saturated carbocycles. The maximum absolute atomic E-state index is 13.5. The van der Waals surface area contributed by atoms with E-state index in [4.69, 9.17) is 14.5 Å². The van der Waals surface area contributed by atoms with Gasteiger partial charge in [0.25, 0.3) is 5.91 Å². The molecule has 0 saturated heterocycles. The monoisotopic (exact) mass is 402 g/mol. The second-order valence-corrected chi connectivity index (χ2v) is 6.60. The quantitative estimate of drug-likeness (QED) is 0.491. The zero-order chi connectivity index (χ0) is 21.1. The first-order valence-electron chi connectivity index (χ1n) is 9.28. The molecule has 0 spiro atoms. The smallest absolute Gasteiger partial charge is 0.256 e. The highest BCUT2D eigenvalue weighted by Crippen LogP contribution is 2.34. The lowest BCUT2D eigenvalue weighted by Gasteiger charge is -2.13. The SMILES string of the molecule is COc1ccc(-c2cc(C(=O)Nc3cccc(F)c3)c3ccccc3n2)c(OC)c1. The van der Waals surface area contributed by atoms with Gasteiger partial charge in [-0.05, 0) is 42.5 Å². The zero-order valence-corrected chi connectivity index (χ0v) is 16.5. The minimum Gasteiger partial charge on any atom is -0.497 e. The Labute approximate surface area is 173 Å². The number of benzene rings is 3. The van der Waals surface area contributed by atoms with Crippen molar-refractivity contribution >= 4 is 22.5 Å². The van der Waals surface area contributed by atoms with Crippen LogP contribution in [-0.2, 0) is 0 Å². The Bertz CT molecular complexity index is 1240. The van der Waals surface area contributed by atoms with E-state index in [1.54, 1.807) is 44.6 Å². The molecule has 1 amide bonds. The third-order valence-electron chi connectivity index (χ3n) is 4.73. The minimum atomic E-state index is -0.420. The third kappa shape index (κ3) is 3.80. The summed E-state index contributed by atoms with van der Waals surface area (Å²) in [5.74, 6) is 0.457. The summed E-state index contributed by atoms with van der Waals surface area (Å²) in [6.45, 7) is 0. The van der Waals surface area contributed by atoms with Crippen molar-refractivity contribution in [1.82, 2.24) is 4.98 Å². The number of fused-ring (bicyclic) bond motifs is 1. The van der Waals surface area contributed by atoms with Gasteiger partial charge in [-0.3, -0.25) is 4.79 Å². The van der Waals surface area contributed by atoms with Crippen LogP contribution in [0.1, 0.15) is 10.4 Å². The predicted octanol–water partition coefficient (Wildman–Crippen LogP) is 5.31. The van der Waals surface area contributed by atoms with Crippen molar-refractivity contribution in [2.75, 3.05) is 19.5 Å². The Balaban J connectivity index is 1.83. The summed E-state index contributed by atoms with van der Waals surface area (Å²) in [6, 6.07) is 20.3. The molecule has 0 atom stereocenters. The van der Waals surface area contributed by atoms with Crippen LogP contribution in [0.2, 0.25) is 0 Å². The predicted molar refractivity (Wildman–Crippen MR) is 115 cm³/mol. The van der Waals surface area contributed by atoms with Crippen LogP contribution in [0, 0.1) is 5.82 Å². The first kappa shape index (κ1) is 19.4. The second-order valence-electron chi connectivity index (χ2n) is 6.60. The van der Waals surface area contributed by atoms with E-state index in [0.29, 0.717) is 39.3 Å². The Kier molecular flexibility index (Phi) is 5.30. The number of amides is 1. The van der Waals surface area contributed by atoms with Gasteiger partial charge in [0, 0.05) is 22.7 Å². The number of anilines is 1. The summed E-state index contributed by atoms with van der Waals surface area (Å²) in [4.78, 5) is 17.8. The van der Waals surface area contributed by atoms with Crippen molar-refractivity contribution in [2.24, 2.45) is 0 Å². The summed E-state index contributed by atoms with van der Waals surface area (Å²) in [7, 11) is 3.15. The van der Waals surface area contributed by atoms with Crippen molar-refractivity contribution in [3.05, 3.63) is 84.2 Å². The summed E-state index contributed by atoms with van der Waals surface area (Å²) in [5, 5.41) is 3.46. The first-order valence-corrected chi connectivity index (χ1v) is 9.28. The van der Waals surface area contributed by atoms with E-state index in [2.05, 4.69) is 5.32 Å². The molecule has 1 heterocycles. The molecule has 0 radical (unpaired) electrons. The number of hydrogen-bond acceptors (Lipinski definition) is 4. The molecule has 0 aliphatic rings. The topological polar surface area (TPSA) is 60.5 Å². The molecule has 0 fully saturated rings. The van der Waals surface area contributed by atoms with Crippen LogP contribution in [-0.4, -0.2) is 25.1 Å². The van der Waals surface area contributed by atoms with Gasteiger partial charge < -0.3 is 14.8 Å². The lowest BCUT2D eigenvalue weighted by Crippen LogP contribution is -2.13. The number of hydrogen-bond donors (Lipinski definition) is 1. The highest BCUT2D eigenvalue weighted by molar-refractivity contribution is 6.13. The maximum atomic E-state index is 13.5. The number of halogens is 1. The lowest BCUT2D eigenvalue weighted by atomic mass is 10.0. The maximum Gasteiger partial charge on any atom is 0.256 e. The molecule has 1 N–H and O–H groups in total. The van der Waals surface area contributed by atoms with E-state index in [9.17, 15) is 9.18 Å². The molecule has 0 unspecified atom stereocenters. The van der Waals surface area contributed by atoms with E-state index < -0.39 is 5.82 Å². The largest absolute Gasteiger partial charge is 0.497 e. The summed E-state index contributed by atoms with van der Waals surface area (Å²) < 4.78 is 24.3. The standard InChI is InChI=1S/C24H19FN2O3/c1-29-17-10-11-19(23(13-17)30-2)22-14-20(18-8-3-4-9-21(18)27-22)24(28)26-16-7-5-6-15(25)12-16/h3-14H,1-2H3,(H,26,28). The molecular weight excluding hydrogens is 383 g/mol. The Morgan fingerprint density at radius 1 is 0.933 bits per heavy atom. The van der Waals surface area contributed by atoms with Gasteiger partial charge >= 0.3 is 0 Å². The van der Waals surface area contributed by atoms with Crippen LogP contribution in [0.15, 0.2) is 72.8 Å². The second kappa shape index (κ2) is 8.21. The summed E-state index contributed by atoms with van der Waals surface area (Å²) in [5.41, 5.74) is 2.78. The average molecular weight is 402 g/mol. The Morgan fingerprint density at radius 3 is 2.53 bits per heavy atom. The van der Waals surface area contributed by atoms with Crippen LogP contribution >= 0.6 is 0 Å². The number of ether oxygens (including phenoxy) is 2. The summed E-state index contributed by atoms with van der Waals surface area (Å²) >= 11 is 0. The van der Waals surface area contributed by atoms with Gasteiger partial charge in [0.2, 0.25) is 0 Å². The molecule has 4 aromatic rings. The van der Waals surface area contributed by atoms with Gasteiger partial charge in [-0.2, -0.15) is 0 Å². The fraction of sp³-hybridized carbons (Fsp3) is 0.0833.